The van der Waals surface area contributed by atoms with Gasteiger partial charge in [-0.2, -0.15) is 0 Å². The SMILES string of the molecule is CCc1cnc(N2CCC(CCCOc3c(F)cc4c(c3F)CCN(S(C)=O)C4)CC2)nc1. The molecule has 0 radical (unpaired) electrons. The number of aromatic nitrogens is 2. The minimum Gasteiger partial charge on any atom is -0.488 e. The molecule has 9 heteroatoms. The fourth-order valence-electron chi connectivity index (χ4n) is 4.62. The normalized spacial score (nSPS) is 18.2. The van der Waals surface area contributed by atoms with Gasteiger partial charge in [-0.05, 0) is 67.2 Å². The van der Waals surface area contributed by atoms with Crippen LogP contribution in [-0.2, 0) is 30.4 Å². The van der Waals surface area contributed by atoms with E-state index in [4.69, 9.17) is 4.74 Å². The highest BCUT2D eigenvalue weighted by molar-refractivity contribution is 7.81. The van der Waals surface area contributed by atoms with E-state index in [2.05, 4.69) is 21.8 Å². The van der Waals surface area contributed by atoms with Crippen LogP contribution in [0.2, 0.25) is 0 Å². The summed E-state index contributed by atoms with van der Waals surface area (Å²) in [4.78, 5) is 11.2. The van der Waals surface area contributed by atoms with E-state index in [0.29, 0.717) is 43.2 Å². The lowest BCUT2D eigenvalue weighted by atomic mass is 9.92. The van der Waals surface area contributed by atoms with Crippen LogP contribution in [0.4, 0.5) is 14.7 Å². The number of halogens is 2. The molecule has 0 N–H and O–H groups in total. The monoisotopic (exact) mass is 478 g/mol. The Morgan fingerprint density at radius 2 is 1.91 bits per heavy atom. The summed E-state index contributed by atoms with van der Waals surface area (Å²) in [5.74, 6) is -0.201. The molecule has 0 amide bonds. The first-order chi connectivity index (χ1) is 16.0. The first-order valence-electron chi connectivity index (χ1n) is 11.7. The van der Waals surface area contributed by atoms with Crippen LogP contribution in [0.5, 0.6) is 5.75 Å². The predicted molar refractivity (Wildman–Crippen MR) is 126 cm³/mol. The predicted octanol–water partition coefficient (Wildman–Crippen LogP) is 4.04. The first kappa shape index (κ1) is 24.0. The number of nitrogens with zero attached hydrogens (tertiary/aromatic N) is 4. The molecule has 2 aliphatic rings. The number of piperidine rings is 1. The molecule has 33 heavy (non-hydrogen) atoms. The van der Waals surface area contributed by atoms with Crippen LogP contribution in [0.25, 0.3) is 0 Å². The van der Waals surface area contributed by atoms with E-state index < -0.39 is 22.6 Å². The molecule has 3 heterocycles. The largest absolute Gasteiger partial charge is 0.488 e. The summed E-state index contributed by atoms with van der Waals surface area (Å²) in [6.07, 6.45) is 10.5. The fraction of sp³-hybridized carbons (Fsp3) is 0.583. The average molecular weight is 479 g/mol. The Hall–Kier alpha value is -2.13. The number of rotatable bonds is 8. The van der Waals surface area contributed by atoms with Gasteiger partial charge in [0.25, 0.3) is 0 Å². The van der Waals surface area contributed by atoms with Crippen molar-refractivity contribution in [2.75, 3.05) is 37.4 Å². The lowest BCUT2D eigenvalue weighted by Crippen LogP contribution is -2.35. The van der Waals surface area contributed by atoms with Crippen molar-refractivity contribution in [1.82, 2.24) is 14.3 Å². The maximum atomic E-state index is 14.9. The summed E-state index contributed by atoms with van der Waals surface area (Å²) >= 11 is 0. The Balaban J connectivity index is 1.24. The van der Waals surface area contributed by atoms with Crippen molar-refractivity contribution in [3.63, 3.8) is 0 Å². The quantitative estimate of drug-likeness (QED) is 0.536. The smallest absolute Gasteiger partial charge is 0.225 e. The van der Waals surface area contributed by atoms with Gasteiger partial charge in [0, 0.05) is 44.8 Å². The lowest BCUT2D eigenvalue weighted by Gasteiger charge is -2.32. The van der Waals surface area contributed by atoms with E-state index in [1.807, 2.05) is 12.4 Å². The van der Waals surface area contributed by atoms with Gasteiger partial charge in [0.05, 0.1) is 17.6 Å². The zero-order valence-electron chi connectivity index (χ0n) is 19.4. The number of benzene rings is 1. The number of aryl methyl sites for hydroxylation is 1. The van der Waals surface area contributed by atoms with Crippen molar-refractivity contribution >= 4 is 16.9 Å². The maximum absolute atomic E-state index is 14.9. The summed E-state index contributed by atoms with van der Waals surface area (Å²) < 4.78 is 48.4. The highest BCUT2D eigenvalue weighted by Crippen LogP contribution is 2.32. The molecular formula is C24H32F2N4O2S. The van der Waals surface area contributed by atoms with Gasteiger partial charge in [-0.25, -0.2) is 27.3 Å². The summed E-state index contributed by atoms with van der Waals surface area (Å²) in [7, 11) is -1.15. The maximum Gasteiger partial charge on any atom is 0.225 e. The van der Waals surface area contributed by atoms with Crippen LogP contribution >= 0.6 is 0 Å². The van der Waals surface area contributed by atoms with E-state index in [1.165, 1.54) is 6.07 Å². The Morgan fingerprint density at radius 3 is 2.58 bits per heavy atom. The molecule has 1 unspecified atom stereocenters. The summed E-state index contributed by atoms with van der Waals surface area (Å²) in [5, 5.41) is 0. The Bertz CT molecular complexity index is 981. The van der Waals surface area contributed by atoms with Gasteiger partial charge in [-0.1, -0.05) is 6.92 Å². The molecule has 1 aromatic carbocycles. The van der Waals surface area contributed by atoms with Crippen molar-refractivity contribution in [3.05, 3.63) is 46.8 Å². The van der Waals surface area contributed by atoms with Gasteiger partial charge in [0.1, 0.15) is 0 Å². The number of fused-ring (bicyclic) bond motifs is 1. The second kappa shape index (κ2) is 10.9. The number of hydrogen-bond acceptors (Lipinski definition) is 5. The molecule has 0 aliphatic carbocycles. The van der Waals surface area contributed by atoms with Crippen LogP contribution in [0.3, 0.4) is 0 Å². The van der Waals surface area contributed by atoms with Gasteiger partial charge in [0.15, 0.2) is 17.4 Å². The summed E-state index contributed by atoms with van der Waals surface area (Å²) in [5.41, 5.74) is 2.17. The second-order valence-electron chi connectivity index (χ2n) is 8.84. The Morgan fingerprint density at radius 1 is 1.18 bits per heavy atom. The summed E-state index contributed by atoms with van der Waals surface area (Å²) in [6, 6.07) is 1.33. The topological polar surface area (TPSA) is 58.6 Å². The van der Waals surface area contributed by atoms with E-state index in [9.17, 15) is 13.0 Å². The van der Waals surface area contributed by atoms with Crippen molar-refractivity contribution in [2.45, 2.75) is 52.0 Å². The zero-order chi connectivity index (χ0) is 23.4. The van der Waals surface area contributed by atoms with Crippen molar-refractivity contribution in [1.29, 1.82) is 0 Å². The molecule has 180 valence electrons. The molecule has 0 saturated carbocycles. The number of hydrogen-bond donors (Lipinski definition) is 0. The van der Waals surface area contributed by atoms with Gasteiger partial charge >= 0.3 is 0 Å². The molecule has 1 saturated heterocycles. The van der Waals surface area contributed by atoms with Crippen molar-refractivity contribution < 1.29 is 17.7 Å². The third-order valence-corrected chi connectivity index (χ3v) is 7.73. The van der Waals surface area contributed by atoms with Crippen LogP contribution in [0.1, 0.15) is 49.3 Å². The Kier molecular flexibility index (Phi) is 7.90. The third-order valence-electron chi connectivity index (χ3n) is 6.69. The standard InChI is InChI=1S/C24H32F2N4O2S/c1-3-17-14-27-24(28-15-17)29-9-6-18(7-10-29)5-4-12-32-23-21(25)13-19-16-30(33(2)31)11-8-20(19)22(23)26/h13-15,18H,3-12,16H2,1-2H3. The molecule has 1 atom stereocenters. The van der Waals surface area contributed by atoms with Gasteiger partial charge in [0.2, 0.25) is 5.95 Å². The van der Waals surface area contributed by atoms with E-state index in [-0.39, 0.29) is 5.75 Å². The third kappa shape index (κ3) is 5.69. The average Bonchev–Trinajstić information content (AvgIpc) is 2.83. The summed E-state index contributed by atoms with van der Waals surface area (Å²) in [6.45, 7) is 5.00. The minimum absolute atomic E-state index is 0.276. The molecule has 1 fully saturated rings. The van der Waals surface area contributed by atoms with Gasteiger partial charge < -0.3 is 9.64 Å². The molecular weight excluding hydrogens is 446 g/mol. The number of ether oxygens (including phenoxy) is 1. The first-order valence-corrected chi connectivity index (χ1v) is 13.2. The molecule has 1 aromatic heterocycles. The second-order valence-corrected chi connectivity index (χ2v) is 10.2. The molecule has 0 spiro atoms. The van der Waals surface area contributed by atoms with E-state index in [0.717, 1.165) is 56.7 Å². The highest BCUT2D eigenvalue weighted by atomic mass is 32.2. The van der Waals surface area contributed by atoms with Gasteiger partial charge in [-0.3, -0.25) is 0 Å². The van der Waals surface area contributed by atoms with Crippen LogP contribution in [0, 0.1) is 17.6 Å². The molecule has 2 aliphatic heterocycles. The molecule has 6 nitrogen and oxygen atoms in total. The molecule has 2 aromatic rings. The lowest BCUT2D eigenvalue weighted by molar-refractivity contribution is 0.256. The zero-order valence-corrected chi connectivity index (χ0v) is 20.2. The number of anilines is 1. The van der Waals surface area contributed by atoms with Crippen LogP contribution < -0.4 is 9.64 Å². The highest BCUT2D eigenvalue weighted by Gasteiger charge is 2.26. The van der Waals surface area contributed by atoms with Gasteiger partial charge in [-0.15, -0.1) is 0 Å². The Labute approximate surface area is 196 Å². The molecule has 0 bridgehead atoms. The van der Waals surface area contributed by atoms with E-state index in [1.54, 1.807) is 10.6 Å². The van der Waals surface area contributed by atoms with Crippen LogP contribution in [0.15, 0.2) is 18.5 Å². The molecule has 4 rings (SSSR count). The van der Waals surface area contributed by atoms with Crippen LogP contribution in [-0.4, -0.2) is 51.0 Å². The van der Waals surface area contributed by atoms with Crippen molar-refractivity contribution in [2.24, 2.45) is 5.92 Å². The minimum atomic E-state index is -1.15. The van der Waals surface area contributed by atoms with Crippen molar-refractivity contribution in [3.8, 4) is 5.75 Å². The van der Waals surface area contributed by atoms with E-state index >= 15 is 0 Å². The fourth-order valence-corrected chi connectivity index (χ4v) is 5.29.